The van der Waals surface area contributed by atoms with Crippen LogP contribution >= 0.6 is 0 Å². The molecule has 0 radical (unpaired) electrons. The molecule has 0 unspecified atom stereocenters. The predicted molar refractivity (Wildman–Crippen MR) is 269 cm³/mol. The van der Waals surface area contributed by atoms with E-state index in [9.17, 15) is 24.0 Å². The molecule has 4 amide bonds. The van der Waals surface area contributed by atoms with Crippen LogP contribution in [0, 0.1) is 0 Å². The molecule has 4 heterocycles. The maximum Gasteiger partial charge on any atom is 0.413 e. The summed E-state index contributed by atoms with van der Waals surface area (Å²) in [5, 5.41) is 10.6. The molecule has 372 valence electrons. The largest absolute Gasteiger partial charge is 0.493 e. The Hall–Kier alpha value is -7.43. The number of nitrogens with one attached hydrogen (secondary N) is 4. The Morgan fingerprint density at radius 1 is 0.443 bits per heavy atom. The summed E-state index contributed by atoms with van der Waals surface area (Å²) in [6, 6.07) is 24.2. The van der Waals surface area contributed by atoms with Crippen molar-refractivity contribution in [3.05, 3.63) is 119 Å². The van der Waals surface area contributed by atoms with Gasteiger partial charge in [0.05, 0.1) is 20.3 Å². The summed E-state index contributed by atoms with van der Waals surface area (Å²) >= 11 is 0. The Labute approximate surface area is 410 Å². The van der Waals surface area contributed by atoms with Gasteiger partial charge in [0.1, 0.15) is 58.5 Å². The van der Waals surface area contributed by atoms with Crippen molar-refractivity contribution in [1.29, 1.82) is 0 Å². The molecule has 0 bridgehead atoms. The first-order valence-electron chi connectivity index (χ1n) is 24.4. The van der Waals surface area contributed by atoms with Gasteiger partial charge >= 0.3 is 12.1 Å². The summed E-state index contributed by atoms with van der Waals surface area (Å²) in [5.41, 5.74) is 0.315. The van der Waals surface area contributed by atoms with Crippen molar-refractivity contribution in [2.45, 2.75) is 123 Å². The third kappa shape index (κ3) is 19.3. The second-order valence-corrected chi connectivity index (χ2v) is 16.7. The van der Waals surface area contributed by atoms with Crippen molar-refractivity contribution in [2.75, 3.05) is 41.6 Å². The van der Waals surface area contributed by atoms with Gasteiger partial charge in [0.2, 0.25) is 0 Å². The van der Waals surface area contributed by atoms with Crippen LogP contribution in [0.1, 0.15) is 164 Å². The smallest absolute Gasteiger partial charge is 0.413 e. The van der Waals surface area contributed by atoms with E-state index in [1.165, 1.54) is 107 Å². The third-order valence-electron chi connectivity index (χ3n) is 10.9. The van der Waals surface area contributed by atoms with Gasteiger partial charge in [0, 0.05) is 24.3 Å². The molecule has 70 heavy (non-hydrogen) atoms. The van der Waals surface area contributed by atoms with E-state index < -0.39 is 29.8 Å². The molecule has 1 aromatic carbocycles. The molecule has 0 aliphatic rings. The lowest BCUT2D eigenvalue weighted by Crippen LogP contribution is -2.21. The molecule has 17 heteroatoms. The highest BCUT2D eigenvalue weighted by molar-refractivity contribution is 6.07. The highest BCUT2D eigenvalue weighted by Crippen LogP contribution is 2.22. The molecule has 0 saturated carbocycles. The normalized spacial score (nSPS) is 10.7. The Kier molecular flexibility index (Phi) is 23.0. The van der Waals surface area contributed by atoms with Crippen LogP contribution in [0.15, 0.2) is 91.0 Å². The molecule has 0 atom stereocenters. The fourth-order valence-electron chi connectivity index (χ4n) is 7.14. The quantitative estimate of drug-likeness (QED) is 0.0249. The van der Waals surface area contributed by atoms with Crippen molar-refractivity contribution in [3.63, 3.8) is 0 Å². The number of methoxy groups -OCH3 is 1. The van der Waals surface area contributed by atoms with Crippen LogP contribution < -0.4 is 30.7 Å². The fourth-order valence-corrected chi connectivity index (χ4v) is 7.14. The van der Waals surface area contributed by atoms with Gasteiger partial charge in [-0.2, -0.15) is 0 Å². The van der Waals surface area contributed by atoms with E-state index in [1.807, 2.05) is 30.3 Å². The molecule has 0 aliphatic carbocycles. The van der Waals surface area contributed by atoms with Gasteiger partial charge in [0.25, 0.3) is 17.7 Å². The van der Waals surface area contributed by atoms with Crippen LogP contribution in [0.2, 0.25) is 0 Å². The average molecular weight is 959 g/mol. The Bertz CT molecular complexity index is 2450. The number of carbonyl (C=O) groups excluding carboxylic acids is 5. The minimum atomic E-state index is -0.733. The maximum atomic E-state index is 13.8. The second kappa shape index (κ2) is 30.1. The second-order valence-electron chi connectivity index (χ2n) is 16.7. The number of pyridine rings is 4. The summed E-state index contributed by atoms with van der Waals surface area (Å²) < 4.78 is 22.2. The summed E-state index contributed by atoms with van der Waals surface area (Å²) in [6.07, 6.45) is 17.1. The first kappa shape index (κ1) is 53.5. The number of amides is 4. The van der Waals surface area contributed by atoms with Gasteiger partial charge in [-0.1, -0.05) is 146 Å². The standard InChI is InChI=1S/C53H66N8O9/c1-4-6-8-10-12-14-16-21-31-68-39-33-41(54-42(34-39)50(63)60-47-29-24-30-48(57-47)61-53(66)70-37-38-25-19-18-20-26-38)49(62)58-45-27-23-28-46(56-45)59-51(64)43-35-40(36-44(55-43)52(65)67-3)69-32-22-17-15-13-11-9-7-5-2/h18-20,23-30,33-36H,4-17,21-22,31-32,37H2,1-3H3,(H2,56,58,59,62,64)(H2,57,60,61,63,66). The van der Waals surface area contributed by atoms with Crippen LogP contribution in [0.4, 0.5) is 28.1 Å². The monoisotopic (exact) mass is 958 g/mol. The van der Waals surface area contributed by atoms with Crippen LogP contribution in [0.25, 0.3) is 0 Å². The Balaban J connectivity index is 1.24. The number of aromatic nitrogens is 4. The first-order chi connectivity index (χ1) is 34.1. The molecule has 17 nitrogen and oxygen atoms in total. The molecule has 0 saturated heterocycles. The van der Waals surface area contributed by atoms with Crippen LogP contribution in [0.5, 0.6) is 11.5 Å². The predicted octanol–water partition coefficient (Wildman–Crippen LogP) is 11.6. The number of nitrogens with zero attached hydrogens (tertiary/aromatic N) is 4. The lowest BCUT2D eigenvalue weighted by atomic mass is 10.1. The van der Waals surface area contributed by atoms with Crippen molar-refractivity contribution in [1.82, 2.24) is 19.9 Å². The van der Waals surface area contributed by atoms with E-state index in [0.717, 1.165) is 50.5 Å². The SMILES string of the molecule is CCCCCCCCCCOc1cc(C(=O)Nc2cccc(NC(=O)OCc3ccccc3)n2)nc(C(=O)Nc2cccc(NC(=O)c3cc(OCCCCCCCCCC)cc(C(=O)OC)n3)n2)c1. The summed E-state index contributed by atoms with van der Waals surface area (Å²) in [6.45, 7) is 5.20. The number of anilines is 4. The number of benzene rings is 1. The van der Waals surface area contributed by atoms with Gasteiger partial charge < -0.3 is 34.9 Å². The van der Waals surface area contributed by atoms with E-state index in [-0.39, 0.29) is 58.4 Å². The molecular weight excluding hydrogens is 893 g/mol. The number of rotatable bonds is 30. The lowest BCUT2D eigenvalue weighted by molar-refractivity contribution is 0.0593. The molecule has 0 fully saturated rings. The van der Waals surface area contributed by atoms with E-state index in [0.29, 0.717) is 19.0 Å². The number of ether oxygens (including phenoxy) is 4. The zero-order chi connectivity index (χ0) is 49.8. The number of esters is 1. The summed E-state index contributed by atoms with van der Waals surface area (Å²) in [5.74, 6) is -1.94. The van der Waals surface area contributed by atoms with Gasteiger partial charge in [-0.3, -0.25) is 19.7 Å². The minimum absolute atomic E-state index is 0.0577. The third-order valence-corrected chi connectivity index (χ3v) is 10.9. The van der Waals surface area contributed by atoms with Crippen molar-refractivity contribution in [3.8, 4) is 11.5 Å². The molecule has 4 aromatic heterocycles. The average Bonchev–Trinajstić information content (AvgIpc) is 3.37. The lowest BCUT2D eigenvalue weighted by Gasteiger charge is -2.12. The zero-order valence-corrected chi connectivity index (χ0v) is 40.6. The van der Waals surface area contributed by atoms with E-state index in [2.05, 4.69) is 55.1 Å². The van der Waals surface area contributed by atoms with Crippen molar-refractivity contribution >= 4 is 53.1 Å². The van der Waals surface area contributed by atoms with Gasteiger partial charge in [0.15, 0.2) is 5.69 Å². The van der Waals surface area contributed by atoms with E-state index in [1.54, 1.807) is 18.2 Å². The van der Waals surface area contributed by atoms with Crippen LogP contribution in [0.3, 0.4) is 0 Å². The molecule has 0 aliphatic heterocycles. The number of unbranched alkanes of at least 4 members (excludes halogenated alkanes) is 14. The van der Waals surface area contributed by atoms with E-state index in [4.69, 9.17) is 18.9 Å². The molecule has 4 N–H and O–H groups in total. The molecule has 5 rings (SSSR count). The van der Waals surface area contributed by atoms with Gasteiger partial charge in [-0.15, -0.1) is 0 Å². The number of hydrogen-bond donors (Lipinski definition) is 4. The van der Waals surface area contributed by atoms with Crippen molar-refractivity contribution < 1.29 is 42.9 Å². The van der Waals surface area contributed by atoms with Crippen LogP contribution in [-0.2, 0) is 16.1 Å². The molecular formula is C53H66N8O9. The highest BCUT2D eigenvalue weighted by atomic mass is 16.5. The van der Waals surface area contributed by atoms with Gasteiger partial charge in [-0.25, -0.2) is 29.5 Å². The minimum Gasteiger partial charge on any atom is -0.493 e. The highest BCUT2D eigenvalue weighted by Gasteiger charge is 2.20. The summed E-state index contributed by atoms with van der Waals surface area (Å²) in [7, 11) is 1.22. The molecule has 5 aromatic rings. The van der Waals surface area contributed by atoms with E-state index >= 15 is 0 Å². The van der Waals surface area contributed by atoms with Gasteiger partial charge in [-0.05, 0) is 42.7 Å². The maximum absolute atomic E-state index is 13.8. The zero-order valence-electron chi connectivity index (χ0n) is 40.6. The number of hydrogen-bond acceptors (Lipinski definition) is 13. The molecule has 0 spiro atoms. The van der Waals surface area contributed by atoms with Crippen LogP contribution in [-0.4, -0.2) is 70.0 Å². The Morgan fingerprint density at radius 2 is 0.829 bits per heavy atom. The topological polar surface area (TPSA) is 222 Å². The summed E-state index contributed by atoms with van der Waals surface area (Å²) in [4.78, 5) is 83.3. The Morgan fingerprint density at radius 3 is 1.26 bits per heavy atom. The first-order valence-corrected chi connectivity index (χ1v) is 24.4. The number of carbonyl (C=O) groups is 5. The van der Waals surface area contributed by atoms with Crippen molar-refractivity contribution in [2.24, 2.45) is 0 Å². The fraction of sp³-hybridized carbons (Fsp3) is 0.415.